The largest absolute Gasteiger partial charge is 0.480 e. The number of hydrogen-bond donors (Lipinski definition) is 5. The van der Waals surface area contributed by atoms with E-state index in [0.717, 1.165) is 0 Å². The van der Waals surface area contributed by atoms with Crippen LogP contribution >= 0.6 is 0 Å². The summed E-state index contributed by atoms with van der Waals surface area (Å²) in [5.74, 6) is -2.51. The van der Waals surface area contributed by atoms with Gasteiger partial charge in [0.05, 0.1) is 12.6 Å². The Morgan fingerprint density at radius 1 is 1.25 bits per heavy atom. The van der Waals surface area contributed by atoms with Gasteiger partial charge in [-0.25, -0.2) is 0 Å². The number of carboxylic acid groups (broad SMARTS) is 1. The van der Waals surface area contributed by atoms with Gasteiger partial charge >= 0.3 is 5.97 Å². The van der Waals surface area contributed by atoms with Gasteiger partial charge in [-0.05, 0) is 6.92 Å². The Labute approximate surface area is 91.8 Å². The molecule has 0 bridgehead atoms. The lowest BCUT2D eigenvalue weighted by atomic mass is 10.2. The van der Waals surface area contributed by atoms with E-state index in [1.165, 1.54) is 6.92 Å². The molecule has 0 saturated heterocycles. The third-order valence-electron chi connectivity index (χ3n) is 1.68. The molecule has 0 aliphatic rings. The molecule has 0 aliphatic heterocycles. The number of carbonyl (C=O) groups excluding carboxylic acids is 2. The van der Waals surface area contributed by atoms with E-state index in [0.29, 0.717) is 0 Å². The van der Waals surface area contributed by atoms with Crippen molar-refractivity contribution >= 4 is 17.8 Å². The summed E-state index contributed by atoms with van der Waals surface area (Å²) in [6.07, 6.45) is -1.03. The molecule has 16 heavy (non-hydrogen) atoms. The van der Waals surface area contributed by atoms with Gasteiger partial charge in [-0.2, -0.15) is 0 Å². The van der Waals surface area contributed by atoms with Gasteiger partial charge in [-0.3, -0.25) is 14.4 Å². The van der Waals surface area contributed by atoms with Gasteiger partial charge in [-0.1, -0.05) is 0 Å². The molecule has 92 valence electrons. The SMILES string of the molecule is C[C@H](O)[C@H](N)C(=O)NCC(=O)NCC(=O)O. The smallest absolute Gasteiger partial charge is 0.322 e. The number of nitrogens with two attached hydrogens (primary N) is 1. The predicted molar refractivity (Wildman–Crippen MR) is 53.3 cm³/mol. The van der Waals surface area contributed by atoms with E-state index < -0.39 is 36.5 Å². The average Bonchev–Trinajstić information content (AvgIpc) is 2.21. The van der Waals surface area contributed by atoms with Crippen molar-refractivity contribution in [1.82, 2.24) is 10.6 Å². The first-order chi connectivity index (χ1) is 7.34. The third-order valence-corrected chi connectivity index (χ3v) is 1.68. The molecule has 0 fully saturated rings. The van der Waals surface area contributed by atoms with Crippen LogP contribution < -0.4 is 16.4 Å². The number of rotatable bonds is 6. The summed E-state index contributed by atoms with van der Waals surface area (Å²) in [5.41, 5.74) is 5.28. The van der Waals surface area contributed by atoms with Crippen molar-refractivity contribution in [2.75, 3.05) is 13.1 Å². The fourth-order valence-electron chi connectivity index (χ4n) is 0.741. The molecule has 0 unspecified atom stereocenters. The number of hydrogen-bond acceptors (Lipinski definition) is 5. The highest BCUT2D eigenvalue weighted by Crippen LogP contribution is 1.87. The van der Waals surface area contributed by atoms with Gasteiger partial charge in [0, 0.05) is 0 Å². The maximum Gasteiger partial charge on any atom is 0.322 e. The van der Waals surface area contributed by atoms with E-state index in [9.17, 15) is 14.4 Å². The minimum Gasteiger partial charge on any atom is -0.480 e. The van der Waals surface area contributed by atoms with Crippen LogP contribution in [-0.4, -0.2) is 53.2 Å². The molecule has 0 aromatic heterocycles. The molecular weight excluding hydrogens is 218 g/mol. The van der Waals surface area contributed by atoms with Crippen LogP contribution in [-0.2, 0) is 14.4 Å². The first kappa shape index (κ1) is 14.3. The highest BCUT2D eigenvalue weighted by Gasteiger charge is 2.18. The molecule has 8 nitrogen and oxygen atoms in total. The molecule has 0 aromatic carbocycles. The second kappa shape index (κ2) is 6.75. The van der Waals surface area contributed by atoms with Crippen LogP contribution in [0.4, 0.5) is 0 Å². The molecule has 2 amide bonds. The summed E-state index contributed by atoms with van der Waals surface area (Å²) in [6, 6.07) is -1.12. The Morgan fingerprint density at radius 3 is 2.25 bits per heavy atom. The quantitative estimate of drug-likeness (QED) is 0.331. The number of aliphatic hydroxyl groups is 1. The van der Waals surface area contributed by atoms with Gasteiger partial charge < -0.3 is 26.6 Å². The van der Waals surface area contributed by atoms with Crippen molar-refractivity contribution in [3.05, 3.63) is 0 Å². The molecule has 2 atom stereocenters. The van der Waals surface area contributed by atoms with Crippen LogP contribution in [0.3, 0.4) is 0 Å². The third kappa shape index (κ3) is 5.94. The molecule has 0 saturated carbocycles. The minimum atomic E-state index is -1.18. The summed E-state index contributed by atoms with van der Waals surface area (Å²) in [5, 5.41) is 21.4. The van der Waals surface area contributed by atoms with Crippen LogP contribution in [0.15, 0.2) is 0 Å². The monoisotopic (exact) mass is 233 g/mol. The fourth-order valence-corrected chi connectivity index (χ4v) is 0.741. The molecular formula is C8H15N3O5. The number of carboxylic acids is 1. The van der Waals surface area contributed by atoms with Gasteiger partial charge in [0.1, 0.15) is 12.6 Å². The Morgan fingerprint density at radius 2 is 1.81 bits per heavy atom. The first-order valence-corrected chi connectivity index (χ1v) is 4.54. The molecule has 0 radical (unpaired) electrons. The minimum absolute atomic E-state index is 0.382. The van der Waals surface area contributed by atoms with Gasteiger partial charge in [0.25, 0.3) is 0 Å². The molecule has 0 rings (SSSR count). The van der Waals surface area contributed by atoms with Crippen molar-refractivity contribution in [2.24, 2.45) is 5.73 Å². The van der Waals surface area contributed by atoms with Crippen LogP contribution in [0.25, 0.3) is 0 Å². The summed E-state index contributed by atoms with van der Waals surface area (Å²) in [4.78, 5) is 32.2. The zero-order valence-corrected chi connectivity index (χ0v) is 8.77. The van der Waals surface area contributed by atoms with E-state index in [-0.39, 0.29) is 6.54 Å². The maximum atomic E-state index is 11.1. The second-order valence-corrected chi connectivity index (χ2v) is 3.15. The molecule has 6 N–H and O–H groups in total. The molecule has 0 aliphatic carbocycles. The van der Waals surface area contributed by atoms with Gasteiger partial charge in [0.15, 0.2) is 0 Å². The lowest BCUT2D eigenvalue weighted by Crippen LogP contribution is -2.49. The normalized spacial score (nSPS) is 13.7. The number of amides is 2. The van der Waals surface area contributed by atoms with Crippen molar-refractivity contribution in [3.63, 3.8) is 0 Å². The van der Waals surface area contributed by atoms with E-state index in [1.54, 1.807) is 0 Å². The van der Waals surface area contributed by atoms with Crippen molar-refractivity contribution in [3.8, 4) is 0 Å². The van der Waals surface area contributed by atoms with E-state index in [4.69, 9.17) is 15.9 Å². The van der Waals surface area contributed by atoms with Crippen molar-refractivity contribution in [1.29, 1.82) is 0 Å². The molecule has 0 aromatic rings. The first-order valence-electron chi connectivity index (χ1n) is 4.54. The second-order valence-electron chi connectivity index (χ2n) is 3.15. The Balaban J connectivity index is 3.83. The highest BCUT2D eigenvalue weighted by molar-refractivity contribution is 5.88. The van der Waals surface area contributed by atoms with Crippen LogP contribution in [0, 0.1) is 0 Å². The standard InChI is InChI=1S/C8H15N3O5/c1-4(12)7(9)8(16)11-2-5(13)10-3-6(14)15/h4,7,12H,2-3,9H2,1H3,(H,10,13)(H,11,16)(H,14,15)/t4-,7-/m0/s1. The number of nitrogens with one attached hydrogen (secondary N) is 2. The molecule has 8 heteroatoms. The zero-order chi connectivity index (χ0) is 12.7. The topological polar surface area (TPSA) is 142 Å². The fraction of sp³-hybridized carbons (Fsp3) is 0.625. The van der Waals surface area contributed by atoms with E-state index >= 15 is 0 Å². The van der Waals surface area contributed by atoms with Gasteiger partial charge in [0.2, 0.25) is 11.8 Å². The molecule has 0 heterocycles. The Kier molecular flexibility index (Phi) is 6.04. The number of aliphatic hydroxyl groups excluding tert-OH is 1. The lowest BCUT2D eigenvalue weighted by Gasteiger charge is -2.14. The van der Waals surface area contributed by atoms with Crippen molar-refractivity contribution in [2.45, 2.75) is 19.1 Å². The molecule has 0 spiro atoms. The number of carbonyl (C=O) groups is 3. The average molecular weight is 233 g/mol. The summed E-state index contributed by atoms with van der Waals surface area (Å²) in [6.45, 7) is 0.443. The Bertz CT molecular complexity index is 279. The zero-order valence-electron chi connectivity index (χ0n) is 8.77. The van der Waals surface area contributed by atoms with Gasteiger partial charge in [-0.15, -0.1) is 0 Å². The summed E-state index contributed by atoms with van der Waals surface area (Å²) >= 11 is 0. The Hall–Kier alpha value is -1.67. The van der Waals surface area contributed by atoms with Crippen LogP contribution in [0.2, 0.25) is 0 Å². The summed E-state index contributed by atoms with van der Waals surface area (Å²) < 4.78 is 0. The lowest BCUT2D eigenvalue weighted by molar-refractivity contribution is -0.137. The van der Waals surface area contributed by atoms with Crippen LogP contribution in [0.5, 0.6) is 0 Å². The van der Waals surface area contributed by atoms with Crippen molar-refractivity contribution < 1.29 is 24.6 Å². The summed E-state index contributed by atoms with van der Waals surface area (Å²) in [7, 11) is 0. The van der Waals surface area contributed by atoms with E-state index in [1.807, 2.05) is 5.32 Å². The highest BCUT2D eigenvalue weighted by atomic mass is 16.4. The van der Waals surface area contributed by atoms with E-state index in [2.05, 4.69) is 5.32 Å². The maximum absolute atomic E-state index is 11.1. The predicted octanol–water partition coefficient (Wildman–Crippen LogP) is -2.99. The number of aliphatic carboxylic acids is 1. The van der Waals surface area contributed by atoms with Crippen LogP contribution in [0.1, 0.15) is 6.92 Å².